The molecule has 34 heavy (non-hydrogen) atoms. The second kappa shape index (κ2) is 10.8. The Labute approximate surface area is 207 Å². The van der Waals surface area contributed by atoms with E-state index in [0.29, 0.717) is 28.6 Å². The van der Waals surface area contributed by atoms with Crippen LogP contribution in [0.1, 0.15) is 36.0 Å². The van der Waals surface area contributed by atoms with Gasteiger partial charge in [0.1, 0.15) is 12.4 Å². The summed E-state index contributed by atoms with van der Waals surface area (Å²) in [6, 6.07) is 18.0. The minimum absolute atomic E-state index is 0.135. The van der Waals surface area contributed by atoms with E-state index in [9.17, 15) is 4.79 Å². The summed E-state index contributed by atoms with van der Waals surface area (Å²) < 4.78 is 7.71. The molecule has 0 saturated carbocycles. The molecule has 9 heteroatoms. The van der Waals surface area contributed by atoms with E-state index in [1.165, 1.54) is 28.7 Å². The van der Waals surface area contributed by atoms with E-state index >= 15 is 0 Å². The zero-order valence-electron chi connectivity index (χ0n) is 19.6. The molecule has 7 nitrogen and oxygen atoms in total. The molecule has 2 aromatic heterocycles. The number of thioether (sulfide) groups is 1. The minimum atomic E-state index is -0.135. The van der Waals surface area contributed by atoms with Crippen LogP contribution in [0.3, 0.4) is 0 Å². The SMILES string of the molecule is Cc1sc(NC(=O)CSc2nnc(COc3ccc(C(C)C)cc3)n2C)nc1-c1ccccc1. The van der Waals surface area contributed by atoms with Crippen LogP contribution in [0, 0.1) is 6.92 Å². The molecule has 2 aromatic carbocycles. The Morgan fingerprint density at radius 1 is 1.12 bits per heavy atom. The highest BCUT2D eigenvalue weighted by Gasteiger charge is 2.15. The molecule has 0 radical (unpaired) electrons. The Kier molecular flexibility index (Phi) is 7.64. The van der Waals surface area contributed by atoms with Gasteiger partial charge in [0.25, 0.3) is 0 Å². The number of nitrogens with zero attached hydrogens (tertiary/aromatic N) is 4. The number of nitrogens with one attached hydrogen (secondary N) is 1. The van der Waals surface area contributed by atoms with Crippen LogP contribution in [0.5, 0.6) is 5.75 Å². The maximum Gasteiger partial charge on any atom is 0.236 e. The summed E-state index contributed by atoms with van der Waals surface area (Å²) in [7, 11) is 1.87. The van der Waals surface area contributed by atoms with Crippen molar-refractivity contribution in [2.45, 2.75) is 38.5 Å². The third kappa shape index (κ3) is 5.84. The van der Waals surface area contributed by atoms with Gasteiger partial charge < -0.3 is 14.6 Å². The van der Waals surface area contributed by atoms with Crippen LogP contribution in [0.4, 0.5) is 5.13 Å². The topological polar surface area (TPSA) is 81.9 Å². The van der Waals surface area contributed by atoms with Gasteiger partial charge in [-0.25, -0.2) is 4.98 Å². The number of amides is 1. The van der Waals surface area contributed by atoms with Crippen molar-refractivity contribution in [3.8, 4) is 17.0 Å². The lowest BCUT2D eigenvalue weighted by Gasteiger charge is -2.09. The summed E-state index contributed by atoms with van der Waals surface area (Å²) in [6.45, 7) is 6.63. The monoisotopic (exact) mass is 493 g/mol. The second-order valence-corrected chi connectivity index (χ2v) is 10.2. The first-order valence-corrected chi connectivity index (χ1v) is 12.8. The van der Waals surface area contributed by atoms with Crippen molar-refractivity contribution >= 4 is 34.1 Å². The van der Waals surface area contributed by atoms with Gasteiger partial charge in [0, 0.05) is 17.5 Å². The fourth-order valence-electron chi connectivity index (χ4n) is 3.29. The van der Waals surface area contributed by atoms with Crippen molar-refractivity contribution in [3.05, 3.63) is 70.9 Å². The fourth-order valence-corrected chi connectivity index (χ4v) is 4.87. The summed E-state index contributed by atoms with van der Waals surface area (Å²) in [5.74, 6) is 2.04. The molecule has 0 atom stereocenters. The highest BCUT2D eigenvalue weighted by atomic mass is 32.2. The molecule has 0 fully saturated rings. The number of anilines is 1. The molecule has 0 aliphatic rings. The summed E-state index contributed by atoms with van der Waals surface area (Å²) in [5, 5.41) is 12.6. The number of hydrogen-bond acceptors (Lipinski definition) is 7. The first-order chi connectivity index (χ1) is 16.4. The van der Waals surface area contributed by atoms with Crippen molar-refractivity contribution in [1.29, 1.82) is 0 Å². The Bertz CT molecular complexity index is 1250. The highest BCUT2D eigenvalue weighted by Crippen LogP contribution is 2.30. The quantitative estimate of drug-likeness (QED) is 0.302. The lowest BCUT2D eigenvalue weighted by Crippen LogP contribution is -2.14. The molecule has 4 aromatic rings. The van der Waals surface area contributed by atoms with Crippen molar-refractivity contribution in [1.82, 2.24) is 19.7 Å². The zero-order chi connectivity index (χ0) is 24.1. The first-order valence-electron chi connectivity index (χ1n) is 11.0. The van der Waals surface area contributed by atoms with Gasteiger partial charge in [0.15, 0.2) is 16.1 Å². The van der Waals surface area contributed by atoms with Crippen molar-refractivity contribution in [3.63, 3.8) is 0 Å². The van der Waals surface area contributed by atoms with Gasteiger partial charge in [0.2, 0.25) is 5.91 Å². The number of thiazole rings is 1. The molecule has 1 N–H and O–H groups in total. The number of aryl methyl sites for hydroxylation is 1. The second-order valence-electron chi connectivity index (χ2n) is 8.10. The minimum Gasteiger partial charge on any atom is -0.486 e. The van der Waals surface area contributed by atoms with Crippen molar-refractivity contribution < 1.29 is 9.53 Å². The van der Waals surface area contributed by atoms with Crippen LogP contribution >= 0.6 is 23.1 Å². The number of ether oxygens (including phenoxy) is 1. The van der Waals surface area contributed by atoms with Crippen LogP contribution < -0.4 is 10.1 Å². The average molecular weight is 494 g/mol. The number of rotatable bonds is 9. The van der Waals surface area contributed by atoms with Gasteiger partial charge in [-0.3, -0.25) is 4.79 Å². The van der Waals surface area contributed by atoms with E-state index in [1.54, 1.807) is 0 Å². The lowest BCUT2D eigenvalue weighted by atomic mass is 10.0. The number of carbonyl (C=O) groups is 1. The summed E-state index contributed by atoms with van der Waals surface area (Å²) >= 11 is 2.80. The smallest absolute Gasteiger partial charge is 0.236 e. The number of aromatic nitrogens is 4. The standard InChI is InChI=1S/C25H27N5O2S2/c1-16(2)18-10-12-20(13-11-18)32-14-21-28-29-25(30(21)4)33-15-22(31)26-24-27-23(17(3)34-24)19-8-6-5-7-9-19/h5-13,16H,14-15H2,1-4H3,(H,26,27,31). The molecule has 2 heterocycles. The molecule has 0 saturated heterocycles. The van der Waals surface area contributed by atoms with Gasteiger partial charge in [-0.1, -0.05) is 68.1 Å². The Hall–Kier alpha value is -3.17. The molecule has 0 bridgehead atoms. The lowest BCUT2D eigenvalue weighted by molar-refractivity contribution is -0.113. The summed E-state index contributed by atoms with van der Waals surface area (Å²) in [6.07, 6.45) is 0. The van der Waals surface area contributed by atoms with Crippen LogP contribution in [0.2, 0.25) is 0 Å². The Morgan fingerprint density at radius 2 is 1.85 bits per heavy atom. The van der Waals surface area contributed by atoms with E-state index in [1.807, 2.05) is 61.0 Å². The number of carbonyl (C=O) groups excluding carboxylic acids is 1. The highest BCUT2D eigenvalue weighted by molar-refractivity contribution is 7.99. The Balaban J connectivity index is 1.30. The first kappa shape index (κ1) is 24.0. The number of hydrogen-bond donors (Lipinski definition) is 1. The van der Waals surface area contributed by atoms with Gasteiger partial charge in [0.05, 0.1) is 11.4 Å². The molecule has 176 valence electrons. The zero-order valence-corrected chi connectivity index (χ0v) is 21.2. The van der Waals surface area contributed by atoms with E-state index in [-0.39, 0.29) is 11.7 Å². The van der Waals surface area contributed by atoms with Gasteiger partial charge >= 0.3 is 0 Å². The van der Waals surface area contributed by atoms with Gasteiger partial charge in [-0.05, 0) is 30.5 Å². The van der Waals surface area contributed by atoms with E-state index in [2.05, 4.69) is 46.5 Å². The third-order valence-corrected chi connectivity index (χ3v) is 7.17. The van der Waals surface area contributed by atoms with E-state index in [4.69, 9.17) is 4.74 Å². The molecule has 4 rings (SSSR count). The van der Waals surface area contributed by atoms with Crippen LogP contribution in [0.25, 0.3) is 11.3 Å². The average Bonchev–Trinajstić information content (AvgIpc) is 3.38. The van der Waals surface area contributed by atoms with Crippen LogP contribution in [-0.2, 0) is 18.4 Å². The van der Waals surface area contributed by atoms with Gasteiger partial charge in [-0.2, -0.15) is 0 Å². The predicted molar refractivity (Wildman–Crippen MR) is 138 cm³/mol. The van der Waals surface area contributed by atoms with E-state index in [0.717, 1.165) is 21.9 Å². The molecule has 0 spiro atoms. The maximum absolute atomic E-state index is 12.5. The molecule has 1 amide bonds. The van der Waals surface area contributed by atoms with Crippen LogP contribution in [-0.4, -0.2) is 31.4 Å². The van der Waals surface area contributed by atoms with Gasteiger partial charge in [-0.15, -0.1) is 21.5 Å². The predicted octanol–water partition coefficient (Wildman–Crippen LogP) is 5.68. The molecule has 0 unspecified atom stereocenters. The van der Waals surface area contributed by atoms with E-state index < -0.39 is 0 Å². The maximum atomic E-state index is 12.5. The third-order valence-electron chi connectivity index (χ3n) is 5.26. The normalized spacial score (nSPS) is 11.1. The number of benzene rings is 2. The summed E-state index contributed by atoms with van der Waals surface area (Å²) in [4.78, 5) is 18.2. The molecule has 0 aliphatic carbocycles. The summed E-state index contributed by atoms with van der Waals surface area (Å²) in [5.41, 5.74) is 3.20. The van der Waals surface area contributed by atoms with Crippen molar-refractivity contribution in [2.24, 2.45) is 7.05 Å². The largest absolute Gasteiger partial charge is 0.486 e. The van der Waals surface area contributed by atoms with Crippen LogP contribution in [0.15, 0.2) is 59.8 Å². The Morgan fingerprint density at radius 3 is 2.56 bits per heavy atom. The fraction of sp³-hybridized carbons (Fsp3) is 0.280. The van der Waals surface area contributed by atoms with Crippen molar-refractivity contribution in [2.75, 3.05) is 11.1 Å². The molecular weight excluding hydrogens is 466 g/mol. The molecular formula is C25H27N5O2S2. The molecule has 0 aliphatic heterocycles.